The van der Waals surface area contributed by atoms with Crippen LogP contribution >= 0.6 is 0 Å². The number of aliphatic hydroxyl groups is 1. The lowest BCUT2D eigenvalue weighted by molar-refractivity contribution is -0.164. The monoisotopic (exact) mass is 1900 g/mol. The van der Waals surface area contributed by atoms with E-state index in [2.05, 4.69) is 87.8 Å². The fourth-order valence-corrected chi connectivity index (χ4v) is 19.2. The molecule has 0 unspecified atom stereocenters. The third kappa shape index (κ3) is 41.5. The molecule has 0 aliphatic heterocycles. The summed E-state index contributed by atoms with van der Waals surface area (Å²) in [7, 11) is 0. The van der Waals surface area contributed by atoms with Crippen LogP contribution in [0.25, 0.3) is 0 Å². The molecule has 19 atom stereocenters. The quantitative estimate of drug-likeness (QED) is 0.0329. The van der Waals surface area contributed by atoms with E-state index < -0.39 is 187 Å². The number of benzene rings is 1. The molecule has 19 N–H and O–H groups in total. The molecular weight excluding hydrogens is 1740 g/mol. The van der Waals surface area contributed by atoms with Crippen molar-refractivity contribution >= 4 is 88.8 Å². The second-order valence-corrected chi connectivity index (χ2v) is 38.5. The number of fused-ring (bicyclic) bond motifs is 5. The van der Waals surface area contributed by atoms with Crippen LogP contribution in [-0.4, -0.2) is 276 Å². The molecule has 4 aliphatic rings. The Bertz CT molecular complexity index is 3870. The van der Waals surface area contributed by atoms with Gasteiger partial charge in [0, 0.05) is 45.2 Å². The summed E-state index contributed by atoms with van der Waals surface area (Å²) in [5.74, 6) is -8.89. The molecule has 5 rings (SSSR count). The lowest BCUT2D eigenvalue weighted by atomic mass is 9.44. The zero-order chi connectivity index (χ0) is 99.2. The van der Waals surface area contributed by atoms with E-state index in [9.17, 15) is 82.1 Å². The van der Waals surface area contributed by atoms with E-state index in [0.29, 0.717) is 49.2 Å². The highest BCUT2D eigenvalue weighted by Gasteiger charge is 2.61. The standard InChI is InChI=1S/C95H159N13O26/c1-57(2)17-16-18-61(9)67-23-24-68-66-22-21-64-53-65(29-33-94(64,11)69(66)30-34-95(67,68)12)134-83(118)55-73(86(98)119)102-79(112)32-38-128-42-46-132-49-50-133-47-43-129-39-35-99-78(111)31-37-127-41-45-131-48-44-130-40-36-100-89(122)74(52-63-19-14-13-15-20-63)105-90(123)71(26-28-82(116)117)103-87(120)62(10)101-92(125)84(59(5)6)107-80(113)56-76(109)72(51-58(3)4)104-91(124)75(54-77(97)110)106-93(126)85(60(7)8)108-88(121)70(96)25-27-81(114)115/h13-15,19-20,57-62,64-76,84-85,109H,16-18,21-56,96H2,1-12H3,(H2,97,110)(H2,98,119)(H,99,111)(H,100,122)(H,101,125)(H,102,112)(H,103,120)(H,104,124)(H,105,123)(H,106,126)(H,107,113)(H,108,121)(H,114,115)(H,116,117)/t61-,62+,64+,65+,66+,67-,68+,69+,70+,71+,72+,73+,74+,75+,76+,84+,85+,94+,95-/m1/s1. The summed E-state index contributed by atoms with van der Waals surface area (Å²) in [5, 5.41) is 55.8. The van der Waals surface area contributed by atoms with E-state index >= 15 is 0 Å². The minimum atomic E-state index is -1.65. The predicted molar refractivity (Wildman–Crippen MR) is 494 cm³/mol. The summed E-state index contributed by atoms with van der Waals surface area (Å²) in [6.45, 7) is 26.6. The molecule has 1 aromatic carbocycles. The highest BCUT2D eigenvalue weighted by molar-refractivity contribution is 5.97. The molecule has 12 amide bonds. The Balaban J connectivity index is 0.893. The summed E-state index contributed by atoms with van der Waals surface area (Å²) in [4.78, 5) is 195. The molecule has 0 spiro atoms. The smallest absolute Gasteiger partial charge is 0.308 e. The molecular formula is C95H159N13O26. The Kier molecular flexibility index (Phi) is 52.1. The Labute approximate surface area is 789 Å². The number of hydrogen-bond donors (Lipinski definition) is 16. The van der Waals surface area contributed by atoms with Crippen LogP contribution in [-0.2, 0) is 116 Å². The Hall–Kier alpha value is -9.09. The number of aliphatic hydroxyl groups excluding tert-OH is 1. The summed E-state index contributed by atoms with van der Waals surface area (Å²) in [5.41, 5.74) is 18.3. The fourth-order valence-electron chi connectivity index (χ4n) is 19.2. The molecule has 4 aliphatic carbocycles. The van der Waals surface area contributed by atoms with Crippen LogP contribution in [0.3, 0.4) is 0 Å². The lowest BCUT2D eigenvalue weighted by Crippen LogP contribution is -2.59. The first-order valence-corrected chi connectivity index (χ1v) is 48.2. The molecule has 39 heteroatoms. The van der Waals surface area contributed by atoms with Crippen molar-refractivity contribution in [2.75, 3.05) is 106 Å². The van der Waals surface area contributed by atoms with Gasteiger partial charge in [0.2, 0.25) is 70.9 Å². The molecule has 0 bridgehead atoms. The zero-order valence-corrected chi connectivity index (χ0v) is 81.1. The SMILES string of the molecule is CC(C)CCC[C@@H](C)[C@H]1CC[C@H]2[C@@H]3CC[C@H]4C[C@@H](OC(=O)C[C@H](NC(=O)CCOCCOCCOCCOCCNC(=O)CCOCCOCCOCCNC(=O)[C@H](Cc5ccccc5)NC(=O)[C@H](CCC(=O)O)NC(=O)[C@H](C)NC(=O)[C@@H](NC(=O)C[C@H](O)[C@H](CC(C)C)NC(=O)[C@H](CC(N)=O)NC(=O)[C@@H](NC(=O)[C@@H](N)CCC(=O)O)C(C)C)C(C)C)C(N)=O)CC[C@]4(C)[C@H]3CC[C@]12C. The summed E-state index contributed by atoms with van der Waals surface area (Å²) in [6.07, 6.45) is 9.21. The highest BCUT2D eigenvalue weighted by atomic mass is 16.6. The Morgan fingerprint density at radius 2 is 0.970 bits per heavy atom. The van der Waals surface area contributed by atoms with Gasteiger partial charge in [0.05, 0.1) is 130 Å². The molecule has 1 aromatic rings. The number of carbonyl (C=O) groups is 15. The number of nitrogens with two attached hydrogens (primary N) is 3. The second kappa shape index (κ2) is 60.5. The van der Waals surface area contributed by atoms with Crippen molar-refractivity contribution in [2.45, 2.75) is 297 Å². The number of primary amides is 2. The van der Waals surface area contributed by atoms with Crippen LogP contribution in [0, 0.1) is 70.0 Å². The van der Waals surface area contributed by atoms with Gasteiger partial charge in [-0.2, -0.15) is 0 Å². The van der Waals surface area contributed by atoms with Gasteiger partial charge < -0.3 is 124 Å². The lowest BCUT2D eigenvalue weighted by Gasteiger charge is -2.61. The number of ether oxygens (including phenoxy) is 8. The first-order valence-electron chi connectivity index (χ1n) is 48.2. The molecule has 134 heavy (non-hydrogen) atoms. The van der Waals surface area contributed by atoms with E-state index in [0.717, 1.165) is 55.3 Å². The molecule has 0 radical (unpaired) electrons. The molecule has 4 fully saturated rings. The minimum Gasteiger partial charge on any atom is -0.481 e. The van der Waals surface area contributed by atoms with Crippen molar-refractivity contribution in [3.05, 3.63) is 35.9 Å². The normalized spacial score (nSPS) is 21.6. The van der Waals surface area contributed by atoms with E-state index in [-0.39, 0.29) is 141 Å². The molecule has 4 saturated carbocycles. The molecule has 0 aromatic heterocycles. The van der Waals surface area contributed by atoms with Crippen LogP contribution < -0.4 is 70.4 Å². The van der Waals surface area contributed by atoms with Crippen molar-refractivity contribution < 1.29 is 125 Å². The largest absolute Gasteiger partial charge is 0.481 e. The minimum absolute atomic E-state index is 0.000856. The predicted octanol–water partition coefficient (Wildman–Crippen LogP) is 3.21. The van der Waals surface area contributed by atoms with Gasteiger partial charge in [-0.3, -0.25) is 71.9 Å². The fraction of sp³-hybridized carbons (Fsp3) is 0.779. The van der Waals surface area contributed by atoms with Gasteiger partial charge in [0.25, 0.3) is 0 Å². The van der Waals surface area contributed by atoms with Gasteiger partial charge in [0.1, 0.15) is 48.4 Å². The van der Waals surface area contributed by atoms with Crippen LogP contribution in [0.15, 0.2) is 30.3 Å². The third-order valence-corrected chi connectivity index (χ3v) is 26.5. The van der Waals surface area contributed by atoms with Gasteiger partial charge in [-0.1, -0.05) is 126 Å². The number of hydrogen-bond acceptors (Lipinski definition) is 25. The highest BCUT2D eigenvalue weighted by Crippen LogP contribution is 2.68. The van der Waals surface area contributed by atoms with E-state index in [1.165, 1.54) is 58.3 Å². The van der Waals surface area contributed by atoms with Crippen LogP contribution in [0.1, 0.15) is 230 Å². The number of esters is 1. The van der Waals surface area contributed by atoms with Gasteiger partial charge >= 0.3 is 17.9 Å². The van der Waals surface area contributed by atoms with E-state index in [4.69, 9.17) is 60.2 Å². The maximum atomic E-state index is 14.0. The third-order valence-electron chi connectivity index (χ3n) is 26.5. The average Bonchev–Trinajstić information content (AvgIpc) is 1.51. The number of aliphatic carboxylic acids is 2. The molecule has 39 nitrogen and oxygen atoms in total. The number of rotatable bonds is 68. The zero-order valence-electron chi connectivity index (χ0n) is 81.1. The average molecular weight is 1900 g/mol. The van der Waals surface area contributed by atoms with Crippen LogP contribution in [0.4, 0.5) is 0 Å². The Morgan fingerprint density at radius 3 is 1.54 bits per heavy atom. The number of nitrogens with one attached hydrogen (secondary N) is 10. The number of amides is 12. The van der Waals surface area contributed by atoms with Crippen molar-refractivity contribution in [3.8, 4) is 0 Å². The molecule has 0 saturated heterocycles. The van der Waals surface area contributed by atoms with Gasteiger partial charge in [-0.25, -0.2) is 0 Å². The van der Waals surface area contributed by atoms with Crippen molar-refractivity contribution in [3.63, 3.8) is 0 Å². The number of carbonyl (C=O) groups excluding carboxylic acids is 13. The number of carboxylic acid groups (broad SMARTS) is 2. The van der Waals surface area contributed by atoms with Crippen molar-refractivity contribution in [2.24, 2.45) is 87.2 Å². The van der Waals surface area contributed by atoms with Gasteiger partial charge in [-0.15, -0.1) is 0 Å². The first-order chi connectivity index (χ1) is 63.5. The molecule has 760 valence electrons. The maximum absolute atomic E-state index is 14.0. The van der Waals surface area contributed by atoms with E-state index in [1.807, 2.05) is 0 Å². The topological polar surface area (TPSA) is 589 Å². The maximum Gasteiger partial charge on any atom is 0.308 e. The van der Waals surface area contributed by atoms with Gasteiger partial charge in [-0.05, 0) is 160 Å². The van der Waals surface area contributed by atoms with E-state index in [1.54, 1.807) is 71.9 Å². The van der Waals surface area contributed by atoms with Crippen LogP contribution in [0.2, 0.25) is 0 Å². The van der Waals surface area contributed by atoms with Crippen molar-refractivity contribution in [1.29, 1.82) is 0 Å². The summed E-state index contributed by atoms with van der Waals surface area (Å²) in [6, 6.07) is -3.53. The molecule has 0 heterocycles. The van der Waals surface area contributed by atoms with Crippen molar-refractivity contribution in [1.82, 2.24) is 53.2 Å². The second-order valence-electron chi connectivity index (χ2n) is 38.5. The van der Waals surface area contributed by atoms with Gasteiger partial charge in [0.15, 0.2) is 0 Å². The Morgan fingerprint density at radius 1 is 0.448 bits per heavy atom. The number of carboxylic acids is 2. The first kappa shape index (κ1) is 115. The summed E-state index contributed by atoms with van der Waals surface area (Å²) < 4.78 is 45.0. The summed E-state index contributed by atoms with van der Waals surface area (Å²) >= 11 is 0. The van der Waals surface area contributed by atoms with Crippen LogP contribution in [0.5, 0.6) is 0 Å².